The quantitative estimate of drug-likeness (QED) is 0.626. The molecule has 1 aliphatic rings. The van der Waals surface area contributed by atoms with Crippen LogP contribution >= 0.6 is 11.8 Å². The summed E-state index contributed by atoms with van der Waals surface area (Å²) in [6.07, 6.45) is 4.42. The Balaban J connectivity index is 2.27. The van der Waals surface area contributed by atoms with Crippen LogP contribution in [-0.4, -0.2) is 10.5 Å². The largest absolute Gasteiger partial charge is 0.155 e. The minimum absolute atomic E-state index is 0.814. The summed E-state index contributed by atoms with van der Waals surface area (Å²) >= 11 is 2.20. The van der Waals surface area contributed by atoms with Crippen LogP contribution in [-0.2, 0) is 0 Å². The Morgan fingerprint density at radius 1 is 1.17 bits per heavy atom. The van der Waals surface area contributed by atoms with Crippen molar-refractivity contribution in [2.45, 2.75) is 57.5 Å². The fraction of sp³-hybridized carbons (Fsp3) is 1.00. The average molecular weight is 186 g/mol. The Morgan fingerprint density at radius 3 is 2.08 bits per heavy atom. The maximum Gasteiger partial charge on any atom is 0.00803 e. The fourth-order valence-corrected chi connectivity index (χ4v) is 3.33. The van der Waals surface area contributed by atoms with Crippen molar-refractivity contribution in [3.8, 4) is 0 Å². The molecule has 0 heterocycles. The van der Waals surface area contributed by atoms with E-state index in [0.717, 1.165) is 22.3 Å². The van der Waals surface area contributed by atoms with Crippen LogP contribution in [0.25, 0.3) is 0 Å². The molecular formula is C11H22S. The number of hydrogen-bond donors (Lipinski definition) is 0. The van der Waals surface area contributed by atoms with Gasteiger partial charge in [0, 0.05) is 5.25 Å². The first-order valence-corrected chi connectivity index (χ1v) is 6.19. The van der Waals surface area contributed by atoms with Crippen LogP contribution in [0.2, 0.25) is 0 Å². The van der Waals surface area contributed by atoms with Crippen molar-refractivity contribution in [3.05, 3.63) is 0 Å². The smallest absolute Gasteiger partial charge is 0.00803 e. The Labute approximate surface area is 81.5 Å². The molecule has 1 heteroatoms. The van der Waals surface area contributed by atoms with Crippen molar-refractivity contribution in [2.75, 3.05) is 0 Å². The summed E-state index contributed by atoms with van der Waals surface area (Å²) in [6, 6.07) is 0. The predicted octanol–water partition coefficient (Wildman–Crippen LogP) is 3.95. The van der Waals surface area contributed by atoms with Gasteiger partial charge in [0.25, 0.3) is 0 Å². The molecule has 0 N–H and O–H groups in total. The van der Waals surface area contributed by atoms with Crippen molar-refractivity contribution in [2.24, 2.45) is 11.8 Å². The van der Waals surface area contributed by atoms with Gasteiger partial charge < -0.3 is 0 Å². The van der Waals surface area contributed by atoms with Gasteiger partial charge in [-0.2, -0.15) is 11.8 Å². The molecule has 72 valence electrons. The van der Waals surface area contributed by atoms with E-state index < -0.39 is 0 Å². The Kier molecular flexibility index (Phi) is 3.95. The van der Waals surface area contributed by atoms with Crippen molar-refractivity contribution in [1.29, 1.82) is 0 Å². The standard InChI is InChI=1S/C11H22S/c1-8(2)7-11(10-5-6-10)12-9(3)4/h8-11H,5-7H2,1-4H3. The molecule has 0 aromatic heterocycles. The highest BCUT2D eigenvalue weighted by molar-refractivity contribution is 8.00. The molecule has 1 rings (SSSR count). The zero-order valence-corrected chi connectivity index (χ0v) is 9.66. The lowest BCUT2D eigenvalue weighted by atomic mass is 10.1. The van der Waals surface area contributed by atoms with Crippen molar-refractivity contribution >= 4 is 11.8 Å². The van der Waals surface area contributed by atoms with E-state index in [2.05, 4.69) is 39.5 Å². The third-order valence-electron chi connectivity index (χ3n) is 2.30. The van der Waals surface area contributed by atoms with Gasteiger partial charge in [0.05, 0.1) is 0 Å². The number of hydrogen-bond acceptors (Lipinski definition) is 1. The van der Waals surface area contributed by atoms with Crippen LogP contribution in [0.3, 0.4) is 0 Å². The molecule has 0 aromatic carbocycles. The van der Waals surface area contributed by atoms with Crippen LogP contribution in [0.5, 0.6) is 0 Å². The zero-order chi connectivity index (χ0) is 9.14. The van der Waals surface area contributed by atoms with E-state index in [4.69, 9.17) is 0 Å². The lowest BCUT2D eigenvalue weighted by Crippen LogP contribution is -2.12. The second kappa shape index (κ2) is 4.55. The van der Waals surface area contributed by atoms with E-state index in [0.29, 0.717) is 0 Å². The topological polar surface area (TPSA) is 0 Å². The average Bonchev–Trinajstić information content (AvgIpc) is 2.63. The van der Waals surface area contributed by atoms with E-state index in [9.17, 15) is 0 Å². The van der Waals surface area contributed by atoms with Crippen LogP contribution in [0.1, 0.15) is 47.0 Å². The number of thioether (sulfide) groups is 1. The first-order valence-electron chi connectivity index (χ1n) is 5.25. The molecule has 0 amide bonds. The molecule has 0 radical (unpaired) electrons. The van der Waals surface area contributed by atoms with E-state index in [1.54, 1.807) is 0 Å². The molecule has 1 unspecified atom stereocenters. The zero-order valence-electron chi connectivity index (χ0n) is 8.84. The Morgan fingerprint density at radius 2 is 1.75 bits per heavy atom. The first-order chi connectivity index (χ1) is 5.59. The van der Waals surface area contributed by atoms with Gasteiger partial charge in [0.2, 0.25) is 0 Å². The summed E-state index contributed by atoms with van der Waals surface area (Å²) in [5, 5.41) is 1.78. The second-order valence-electron chi connectivity index (χ2n) is 4.69. The van der Waals surface area contributed by atoms with E-state index in [1.807, 2.05) is 0 Å². The van der Waals surface area contributed by atoms with Gasteiger partial charge in [-0.1, -0.05) is 27.7 Å². The molecule has 0 aliphatic heterocycles. The van der Waals surface area contributed by atoms with Gasteiger partial charge >= 0.3 is 0 Å². The predicted molar refractivity (Wildman–Crippen MR) is 58.7 cm³/mol. The highest BCUT2D eigenvalue weighted by atomic mass is 32.2. The van der Waals surface area contributed by atoms with Crippen LogP contribution in [0, 0.1) is 11.8 Å². The van der Waals surface area contributed by atoms with E-state index >= 15 is 0 Å². The molecule has 1 atom stereocenters. The first kappa shape index (κ1) is 10.4. The monoisotopic (exact) mass is 186 g/mol. The Bertz CT molecular complexity index is 115. The van der Waals surface area contributed by atoms with Gasteiger partial charge in [-0.3, -0.25) is 0 Å². The molecule has 1 fully saturated rings. The third-order valence-corrected chi connectivity index (χ3v) is 3.77. The molecule has 1 aliphatic carbocycles. The molecule has 0 aromatic rings. The normalized spacial score (nSPS) is 20.5. The molecule has 0 bridgehead atoms. The number of rotatable bonds is 5. The summed E-state index contributed by atoms with van der Waals surface area (Å²) < 4.78 is 0. The van der Waals surface area contributed by atoms with Crippen LogP contribution in [0.15, 0.2) is 0 Å². The van der Waals surface area contributed by atoms with Crippen molar-refractivity contribution < 1.29 is 0 Å². The molecular weight excluding hydrogens is 164 g/mol. The summed E-state index contributed by atoms with van der Waals surface area (Å²) in [5.41, 5.74) is 0. The van der Waals surface area contributed by atoms with E-state index in [-0.39, 0.29) is 0 Å². The summed E-state index contributed by atoms with van der Waals surface area (Å²) in [6.45, 7) is 9.33. The lowest BCUT2D eigenvalue weighted by Gasteiger charge is -2.19. The maximum atomic E-state index is 2.34. The minimum Gasteiger partial charge on any atom is -0.155 e. The summed E-state index contributed by atoms with van der Waals surface area (Å²) in [5.74, 6) is 1.95. The second-order valence-corrected chi connectivity index (χ2v) is 6.51. The highest BCUT2D eigenvalue weighted by Crippen LogP contribution is 2.42. The van der Waals surface area contributed by atoms with Gasteiger partial charge in [-0.15, -0.1) is 0 Å². The van der Waals surface area contributed by atoms with Gasteiger partial charge in [-0.05, 0) is 36.3 Å². The summed E-state index contributed by atoms with van der Waals surface area (Å²) in [7, 11) is 0. The minimum atomic E-state index is 0.814. The van der Waals surface area contributed by atoms with Crippen molar-refractivity contribution in [3.63, 3.8) is 0 Å². The molecule has 1 saturated carbocycles. The van der Waals surface area contributed by atoms with Crippen LogP contribution < -0.4 is 0 Å². The molecule has 12 heavy (non-hydrogen) atoms. The fourth-order valence-electron chi connectivity index (χ4n) is 1.64. The molecule has 0 spiro atoms. The third kappa shape index (κ3) is 3.84. The molecule has 0 nitrogen and oxygen atoms in total. The van der Waals surface area contributed by atoms with Crippen molar-refractivity contribution in [1.82, 2.24) is 0 Å². The van der Waals surface area contributed by atoms with Gasteiger partial charge in [0.1, 0.15) is 0 Å². The maximum absolute atomic E-state index is 2.34. The van der Waals surface area contributed by atoms with Gasteiger partial charge in [-0.25, -0.2) is 0 Å². The van der Waals surface area contributed by atoms with Gasteiger partial charge in [0.15, 0.2) is 0 Å². The highest BCUT2D eigenvalue weighted by Gasteiger charge is 2.32. The Hall–Kier alpha value is 0.350. The summed E-state index contributed by atoms with van der Waals surface area (Å²) in [4.78, 5) is 0. The molecule has 0 saturated heterocycles. The SMILES string of the molecule is CC(C)CC(SC(C)C)C1CC1. The van der Waals surface area contributed by atoms with Crippen LogP contribution in [0.4, 0.5) is 0 Å². The van der Waals surface area contributed by atoms with E-state index in [1.165, 1.54) is 19.3 Å². The lowest BCUT2D eigenvalue weighted by molar-refractivity contribution is 0.539.